The van der Waals surface area contributed by atoms with Gasteiger partial charge in [-0.05, 0) is 25.5 Å². The zero-order valence-corrected chi connectivity index (χ0v) is 14.6. The lowest BCUT2D eigenvalue weighted by Gasteiger charge is -2.11. The van der Waals surface area contributed by atoms with Crippen molar-refractivity contribution in [1.82, 2.24) is 29.4 Å². The second-order valence-corrected chi connectivity index (χ2v) is 7.28. The van der Waals surface area contributed by atoms with Gasteiger partial charge in [-0.3, -0.25) is 0 Å². The van der Waals surface area contributed by atoms with Crippen molar-refractivity contribution in [3.05, 3.63) is 47.7 Å². The number of rotatable bonds is 1. The molecule has 0 fully saturated rings. The SMILES string of the molecule is Cc1ccc(-n2ncc3c2ncn2nc(C(C)(C)C)nc32)c(C)c1. The highest BCUT2D eigenvalue weighted by atomic mass is 15.4. The number of hydrogen-bond donors (Lipinski definition) is 0. The van der Waals surface area contributed by atoms with Crippen LogP contribution >= 0.6 is 0 Å². The third-order valence-electron chi connectivity index (χ3n) is 4.16. The van der Waals surface area contributed by atoms with Gasteiger partial charge in [-0.2, -0.15) is 5.10 Å². The number of benzene rings is 1. The van der Waals surface area contributed by atoms with Gasteiger partial charge in [0, 0.05) is 5.41 Å². The maximum atomic E-state index is 4.71. The first-order chi connectivity index (χ1) is 11.3. The van der Waals surface area contributed by atoms with Crippen LogP contribution in [0.15, 0.2) is 30.7 Å². The first-order valence-electron chi connectivity index (χ1n) is 8.02. The Kier molecular flexibility index (Phi) is 3.00. The molecule has 1 aromatic carbocycles. The second-order valence-electron chi connectivity index (χ2n) is 7.28. The van der Waals surface area contributed by atoms with E-state index < -0.39 is 0 Å². The molecule has 0 bridgehead atoms. The van der Waals surface area contributed by atoms with Gasteiger partial charge in [0.2, 0.25) is 0 Å². The van der Waals surface area contributed by atoms with Crippen LogP contribution in [0.5, 0.6) is 0 Å². The summed E-state index contributed by atoms with van der Waals surface area (Å²) in [5.74, 6) is 0.802. The molecule has 0 saturated carbocycles. The van der Waals surface area contributed by atoms with E-state index in [1.807, 2.05) is 10.9 Å². The summed E-state index contributed by atoms with van der Waals surface area (Å²) < 4.78 is 3.60. The topological polar surface area (TPSA) is 60.9 Å². The van der Waals surface area contributed by atoms with Crippen molar-refractivity contribution in [3.8, 4) is 5.69 Å². The van der Waals surface area contributed by atoms with Crippen LogP contribution in [0.4, 0.5) is 0 Å². The normalized spacial score (nSPS) is 12.4. The molecule has 0 aliphatic heterocycles. The van der Waals surface area contributed by atoms with Gasteiger partial charge in [0.15, 0.2) is 17.1 Å². The maximum Gasteiger partial charge on any atom is 0.170 e. The fraction of sp³-hybridized carbons (Fsp3) is 0.333. The minimum Gasteiger partial charge on any atom is -0.216 e. The van der Waals surface area contributed by atoms with Crippen molar-refractivity contribution in [2.24, 2.45) is 0 Å². The predicted molar refractivity (Wildman–Crippen MR) is 93.6 cm³/mol. The molecule has 4 rings (SSSR count). The van der Waals surface area contributed by atoms with E-state index in [1.54, 1.807) is 10.8 Å². The minimum absolute atomic E-state index is 0.109. The summed E-state index contributed by atoms with van der Waals surface area (Å²) >= 11 is 0. The molecule has 6 heteroatoms. The smallest absolute Gasteiger partial charge is 0.170 e. The molecule has 0 N–H and O–H groups in total. The average molecular weight is 320 g/mol. The lowest BCUT2D eigenvalue weighted by Crippen LogP contribution is -2.13. The summed E-state index contributed by atoms with van der Waals surface area (Å²) in [7, 11) is 0. The van der Waals surface area contributed by atoms with Gasteiger partial charge in [-0.25, -0.2) is 19.2 Å². The van der Waals surface area contributed by atoms with Crippen LogP contribution in [-0.2, 0) is 5.41 Å². The highest BCUT2D eigenvalue weighted by Gasteiger charge is 2.21. The molecular formula is C18H20N6. The first kappa shape index (κ1) is 14.8. The van der Waals surface area contributed by atoms with E-state index in [9.17, 15) is 0 Å². The zero-order valence-electron chi connectivity index (χ0n) is 14.6. The van der Waals surface area contributed by atoms with Gasteiger partial charge < -0.3 is 0 Å². The Morgan fingerprint density at radius 2 is 1.83 bits per heavy atom. The minimum atomic E-state index is -0.109. The van der Waals surface area contributed by atoms with Gasteiger partial charge >= 0.3 is 0 Å². The molecule has 0 saturated heterocycles. The largest absolute Gasteiger partial charge is 0.216 e. The molecule has 6 nitrogen and oxygen atoms in total. The van der Waals surface area contributed by atoms with E-state index in [1.165, 1.54) is 11.1 Å². The highest BCUT2D eigenvalue weighted by Crippen LogP contribution is 2.24. The quantitative estimate of drug-likeness (QED) is 0.539. The Morgan fingerprint density at radius 1 is 1.04 bits per heavy atom. The molecule has 0 amide bonds. The van der Waals surface area contributed by atoms with Crippen molar-refractivity contribution in [1.29, 1.82) is 0 Å². The molecule has 0 atom stereocenters. The molecule has 0 aliphatic carbocycles. The van der Waals surface area contributed by atoms with Gasteiger partial charge in [-0.15, -0.1) is 5.10 Å². The third-order valence-corrected chi connectivity index (χ3v) is 4.16. The number of fused-ring (bicyclic) bond motifs is 3. The average Bonchev–Trinajstić information content (AvgIpc) is 3.09. The number of hydrogen-bond acceptors (Lipinski definition) is 4. The summed E-state index contributed by atoms with van der Waals surface area (Å²) in [6, 6.07) is 6.31. The Balaban J connectivity index is 1.97. The Bertz CT molecular complexity index is 1060. The molecule has 3 heterocycles. The van der Waals surface area contributed by atoms with Crippen LogP contribution in [0.25, 0.3) is 22.4 Å². The number of nitrogens with zero attached hydrogens (tertiary/aromatic N) is 6. The van der Waals surface area contributed by atoms with E-state index in [0.29, 0.717) is 0 Å². The summed E-state index contributed by atoms with van der Waals surface area (Å²) in [4.78, 5) is 9.28. The number of aryl methyl sites for hydroxylation is 2. The first-order valence-corrected chi connectivity index (χ1v) is 8.02. The van der Waals surface area contributed by atoms with Gasteiger partial charge in [0.25, 0.3) is 0 Å². The fourth-order valence-electron chi connectivity index (χ4n) is 2.86. The van der Waals surface area contributed by atoms with Crippen molar-refractivity contribution in [3.63, 3.8) is 0 Å². The molecule has 3 aromatic heterocycles. The van der Waals surface area contributed by atoms with Crippen LogP contribution in [-0.4, -0.2) is 29.4 Å². The summed E-state index contributed by atoms with van der Waals surface area (Å²) in [5, 5.41) is 10.0. The van der Waals surface area contributed by atoms with E-state index in [0.717, 1.165) is 28.2 Å². The maximum absolute atomic E-state index is 4.71. The van der Waals surface area contributed by atoms with Crippen molar-refractivity contribution in [2.45, 2.75) is 40.0 Å². The molecule has 122 valence electrons. The van der Waals surface area contributed by atoms with Crippen LogP contribution in [0.2, 0.25) is 0 Å². The summed E-state index contributed by atoms with van der Waals surface area (Å²) in [6.45, 7) is 10.5. The van der Waals surface area contributed by atoms with Gasteiger partial charge in [0.05, 0.1) is 17.3 Å². The van der Waals surface area contributed by atoms with E-state index in [-0.39, 0.29) is 5.41 Å². The van der Waals surface area contributed by atoms with E-state index >= 15 is 0 Å². The zero-order chi connectivity index (χ0) is 17.1. The van der Waals surface area contributed by atoms with E-state index in [4.69, 9.17) is 4.98 Å². The van der Waals surface area contributed by atoms with Crippen LogP contribution in [0, 0.1) is 13.8 Å². The molecule has 4 aromatic rings. The van der Waals surface area contributed by atoms with Gasteiger partial charge in [-0.1, -0.05) is 38.5 Å². The lowest BCUT2D eigenvalue weighted by atomic mass is 9.96. The molecule has 24 heavy (non-hydrogen) atoms. The van der Waals surface area contributed by atoms with E-state index in [2.05, 4.69) is 68.0 Å². The van der Waals surface area contributed by atoms with Crippen molar-refractivity contribution < 1.29 is 0 Å². The standard InChI is InChI=1S/C18H20N6/c1-11-6-7-14(12(2)8-11)24-15-13(9-20-24)16-21-17(18(3,4)5)22-23(16)10-19-15/h6-10H,1-5H3. The molecule has 0 radical (unpaired) electrons. The molecule has 0 unspecified atom stereocenters. The van der Waals surface area contributed by atoms with Gasteiger partial charge in [0.1, 0.15) is 6.33 Å². The van der Waals surface area contributed by atoms with Crippen molar-refractivity contribution >= 4 is 16.7 Å². The summed E-state index contributed by atoms with van der Waals surface area (Å²) in [5.41, 5.74) is 4.90. The lowest BCUT2D eigenvalue weighted by molar-refractivity contribution is 0.545. The number of aromatic nitrogens is 6. The van der Waals surface area contributed by atoms with Crippen LogP contribution < -0.4 is 0 Å². The van der Waals surface area contributed by atoms with Crippen LogP contribution in [0.3, 0.4) is 0 Å². The molecule has 0 spiro atoms. The molecular weight excluding hydrogens is 300 g/mol. The fourth-order valence-corrected chi connectivity index (χ4v) is 2.86. The second kappa shape index (κ2) is 4.87. The summed E-state index contributed by atoms with van der Waals surface area (Å²) in [6.07, 6.45) is 3.53. The Labute approximate surface area is 140 Å². The predicted octanol–water partition coefficient (Wildman–Crippen LogP) is 3.38. The Hall–Kier alpha value is -2.76. The monoisotopic (exact) mass is 320 g/mol. The third kappa shape index (κ3) is 2.18. The molecule has 0 aliphatic rings. The Morgan fingerprint density at radius 3 is 2.54 bits per heavy atom. The van der Waals surface area contributed by atoms with Crippen molar-refractivity contribution in [2.75, 3.05) is 0 Å². The van der Waals surface area contributed by atoms with Crippen LogP contribution in [0.1, 0.15) is 37.7 Å². The highest BCUT2D eigenvalue weighted by molar-refractivity contribution is 5.89.